The molecule has 2 aliphatic rings. The van der Waals surface area contributed by atoms with E-state index in [1.165, 1.54) is 0 Å². The zero-order valence-corrected chi connectivity index (χ0v) is 18.0. The molecule has 7 heteroatoms. The first-order valence-electron chi connectivity index (χ1n) is 9.02. The zero-order valence-electron chi connectivity index (χ0n) is 14.9. The van der Waals surface area contributed by atoms with Crippen LogP contribution < -0.4 is 4.74 Å². The summed E-state index contributed by atoms with van der Waals surface area (Å²) in [6, 6.07) is 18.8. The molecule has 0 bridgehead atoms. The standard InChI is InChI=1S/C22H14Cl4N2O/c23-14-5-1-12(2-6-14)19-11-20-17-9-16(25)10-18(26)21(17)29-22(28(20)27-19)13-3-7-15(24)8-4-13/h1-10,20,22H,11H2/t20-,22+/m1/s1. The number of halogens is 4. The molecule has 2 atom stereocenters. The molecular formula is C22H14Cl4N2O. The van der Waals surface area contributed by atoms with Gasteiger partial charge in [0.15, 0.2) is 0 Å². The van der Waals surface area contributed by atoms with Gasteiger partial charge in [-0.25, -0.2) is 5.01 Å². The van der Waals surface area contributed by atoms with Gasteiger partial charge in [0.2, 0.25) is 6.23 Å². The molecule has 3 aromatic carbocycles. The third-order valence-electron chi connectivity index (χ3n) is 5.14. The highest BCUT2D eigenvalue weighted by atomic mass is 35.5. The van der Waals surface area contributed by atoms with Crippen molar-refractivity contribution >= 4 is 52.1 Å². The smallest absolute Gasteiger partial charge is 0.213 e. The number of fused-ring (bicyclic) bond motifs is 3. The molecule has 0 N–H and O–H groups in total. The van der Waals surface area contributed by atoms with E-state index in [1.54, 1.807) is 6.07 Å². The largest absolute Gasteiger partial charge is 0.463 e. The van der Waals surface area contributed by atoms with E-state index in [9.17, 15) is 0 Å². The third kappa shape index (κ3) is 3.47. The maximum atomic E-state index is 6.49. The highest BCUT2D eigenvalue weighted by molar-refractivity contribution is 6.35. The van der Waals surface area contributed by atoms with Crippen LogP contribution in [0.1, 0.15) is 35.4 Å². The molecule has 0 fully saturated rings. The van der Waals surface area contributed by atoms with Crippen molar-refractivity contribution in [2.24, 2.45) is 5.10 Å². The summed E-state index contributed by atoms with van der Waals surface area (Å²) in [5.41, 5.74) is 3.85. The van der Waals surface area contributed by atoms with Crippen LogP contribution in [0, 0.1) is 0 Å². The van der Waals surface area contributed by atoms with E-state index >= 15 is 0 Å². The van der Waals surface area contributed by atoms with Crippen molar-refractivity contribution in [2.75, 3.05) is 0 Å². The second-order valence-corrected chi connectivity index (χ2v) is 8.70. The zero-order chi connectivity index (χ0) is 20.1. The summed E-state index contributed by atoms with van der Waals surface area (Å²) in [7, 11) is 0. The van der Waals surface area contributed by atoms with Gasteiger partial charge >= 0.3 is 0 Å². The molecule has 5 rings (SSSR count). The minimum absolute atomic E-state index is 0.0405. The van der Waals surface area contributed by atoms with Gasteiger partial charge in [-0.2, -0.15) is 5.10 Å². The molecule has 0 saturated carbocycles. The predicted molar refractivity (Wildman–Crippen MR) is 118 cm³/mol. The quantitative estimate of drug-likeness (QED) is 0.392. The van der Waals surface area contributed by atoms with Crippen molar-refractivity contribution in [3.63, 3.8) is 0 Å². The Kier molecular flexibility index (Phi) is 4.87. The molecule has 3 aromatic rings. The Labute approximate surface area is 188 Å². The van der Waals surface area contributed by atoms with E-state index in [0.29, 0.717) is 32.3 Å². The van der Waals surface area contributed by atoms with E-state index < -0.39 is 6.23 Å². The van der Waals surface area contributed by atoms with Gasteiger partial charge in [-0.15, -0.1) is 0 Å². The molecule has 0 unspecified atom stereocenters. The lowest BCUT2D eigenvalue weighted by atomic mass is 9.96. The Hall–Kier alpha value is -1.91. The molecular weight excluding hydrogens is 450 g/mol. The third-order valence-corrected chi connectivity index (χ3v) is 6.14. The SMILES string of the molecule is Clc1ccc(C2=NN3[C@H](C2)c2cc(Cl)cc(Cl)c2O[C@H]3c2ccc(Cl)cc2)cc1. The van der Waals surface area contributed by atoms with Crippen LogP contribution in [0.5, 0.6) is 5.75 Å². The number of benzene rings is 3. The van der Waals surface area contributed by atoms with Crippen molar-refractivity contribution in [2.45, 2.75) is 18.7 Å². The molecule has 2 heterocycles. The molecule has 29 heavy (non-hydrogen) atoms. The minimum Gasteiger partial charge on any atom is -0.463 e. The highest BCUT2D eigenvalue weighted by Crippen LogP contribution is 2.50. The van der Waals surface area contributed by atoms with Gasteiger partial charge in [-0.1, -0.05) is 70.7 Å². The molecule has 2 aliphatic heterocycles. The second kappa shape index (κ2) is 7.41. The maximum Gasteiger partial charge on any atom is 0.213 e. The van der Waals surface area contributed by atoms with Crippen LogP contribution in [0.4, 0.5) is 0 Å². The van der Waals surface area contributed by atoms with Crippen LogP contribution in [0.3, 0.4) is 0 Å². The van der Waals surface area contributed by atoms with E-state index in [1.807, 2.05) is 59.6 Å². The summed E-state index contributed by atoms with van der Waals surface area (Å²) in [5, 5.41) is 9.30. The summed E-state index contributed by atoms with van der Waals surface area (Å²) in [4.78, 5) is 0. The summed E-state index contributed by atoms with van der Waals surface area (Å²) in [6.07, 6.45) is 0.284. The number of nitrogens with zero attached hydrogens (tertiary/aromatic N) is 2. The van der Waals surface area contributed by atoms with Gasteiger partial charge < -0.3 is 4.74 Å². The van der Waals surface area contributed by atoms with Gasteiger partial charge in [-0.05, 0) is 42.0 Å². The first-order valence-corrected chi connectivity index (χ1v) is 10.5. The monoisotopic (exact) mass is 462 g/mol. The van der Waals surface area contributed by atoms with Gasteiger partial charge in [-0.3, -0.25) is 0 Å². The van der Waals surface area contributed by atoms with Crippen LogP contribution in [-0.2, 0) is 0 Å². The van der Waals surface area contributed by atoms with Crippen LogP contribution in [0.15, 0.2) is 65.8 Å². The number of hydrazone groups is 1. The Balaban J connectivity index is 1.62. The van der Waals surface area contributed by atoms with Crippen molar-refractivity contribution < 1.29 is 4.74 Å². The van der Waals surface area contributed by atoms with Gasteiger partial charge in [0, 0.05) is 32.6 Å². The van der Waals surface area contributed by atoms with Crippen molar-refractivity contribution in [3.8, 4) is 5.75 Å². The number of rotatable bonds is 2. The predicted octanol–water partition coefficient (Wildman–Crippen LogP) is 7.54. The van der Waals surface area contributed by atoms with Crippen LogP contribution in [0.25, 0.3) is 0 Å². The van der Waals surface area contributed by atoms with Crippen molar-refractivity contribution in [1.82, 2.24) is 5.01 Å². The number of ether oxygens (including phenoxy) is 1. The maximum absolute atomic E-state index is 6.49. The van der Waals surface area contributed by atoms with E-state index in [2.05, 4.69) is 0 Å². The summed E-state index contributed by atoms with van der Waals surface area (Å²) in [6.45, 7) is 0. The molecule has 0 saturated heterocycles. The van der Waals surface area contributed by atoms with Crippen LogP contribution in [0.2, 0.25) is 20.1 Å². The van der Waals surface area contributed by atoms with E-state index in [4.69, 9.17) is 56.2 Å². The summed E-state index contributed by atoms with van der Waals surface area (Å²) < 4.78 is 6.32. The second-order valence-electron chi connectivity index (χ2n) is 6.98. The fourth-order valence-electron chi connectivity index (χ4n) is 3.78. The number of hydrogen-bond donors (Lipinski definition) is 0. The van der Waals surface area contributed by atoms with Crippen LogP contribution in [-0.4, -0.2) is 10.7 Å². The normalized spacial score (nSPS) is 20.0. The molecule has 146 valence electrons. The lowest BCUT2D eigenvalue weighted by molar-refractivity contribution is -0.0189. The van der Waals surface area contributed by atoms with Crippen LogP contribution >= 0.6 is 46.4 Å². The Morgan fingerprint density at radius 2 is 1.48 bits per heavy atom. The topological polar surface area (TPSA) is 24.8 Å². The first kappa shape index (κ1) is 19.1. The van der Waals surface area contributed by atoms with Crippen molar-refractivity contribution in [1.29, 1.82) is 0 Å². The molecule has 0 radical (unpaired) electrons. The average molecular weight is 464 g/mol. The first-order chi connectivity index (χ1) is 14.0. The fourth-order valence-corrected chi connectivity index (χ4v) is 4.58. The van der Waals surface area contributed by atoms with Crippen molar-refractivity contribution in [3.05, 3.63) is 97.4 Å². The highest BCUT2D eigenvalue weighted by Gasteiger charge is 2.42. The fraction of sp³-hybridized carbons (Fsp3) is 0.136. The number of hydrogen-bond acceptors (Lipinski definition) is 3. The van der Waals surface area contributed by atoms with Gasteiger partial charge in [0.05, 0.1) is 16.8 Å². The van der Waals surface area contributed by atoms with E-state index in [0.717, 1.165) is 22.4 Å². The average Bonchev–Trinajstić information content (AvgIpc) is 3.14. The summed E-state index contributed by atoms with van der Waals surface area (Å²) >= 11 is 24.9. The summed E-state index contributed by atoms with van der Waals surface area (Å²) in [5.74, 6) is 0.643. The Bertz CT molecular complexity index is 1110. The molecule has 0 amide bonds. The molecule has 0 aliphatic carbocycles. The molecule has 0 spiro atoms. The van der Waals surface area contributed by atoms with Gasteiger partial charge in [0.1, 0.15) is 5.75 Å². The molecule has 3 nitrogen and oxygen atoms in total. The van der Waals surface area contributed by atoms with Gasteiger partial charge in [0.25, 0.3) is 0 Å². The van der Waals surface area contributed by atoms with E-state index in [-0.39, 0.29) is 6.04 Å². The Morgan fingerprint density at radius 3 is 2.17 bits per heavy atom. The lowest BCUT2D eigenvalue weighted by Crippen LogP contribution is -2.33. The Morgan fingerprint density at radius 1 is 0.828 bits per heavy atom. The lowest BCUT2D eigenvalue weighted by Gasteiger charge is -2.38. The minimum atomic E-state index is -0.423. The molecule has 0 aromatic heterocycles.